The SMILES string of the molecule is CC(C)(C)[Si](C)(C)O[C@H]1C[C@H](CC=O)O[C@@H](CCO[Si](c2ccccc2)(c2ccccc2)C(C)(C)C)C1. The Bertz CT molecular complexity index is 940. The van der Waals surface area contributed by atoms with Gasteiger partial charge in [0.25, 0.3) is 8.32 Å². The summed E-state index contributed by atoms with van der Waals surface area (Å²) in [5.41, 5.74) is 0. The fourth-order valence-electron chi connectivity index (χ4n) is 5.31. The zero-order valence-electron chi connectivity index (χ0n) is 24.3. The first-order valence-electron chi connectivity index (χ1n) is 13.8. The molecule has 0 aromatic heterocycles. The average molecular weight is 541 g/mol. The molecule has 1 heterocycles. The van der Waals surface area contributed by atoms with Crippen molar-refractivity contribution in [2.24, 2.45) is 0 Å². The fourth-order valence-corrected chi connectivity index (χ4v) is 11.3. The summed E-state index contributed by atoms with van der Waals surface area (Å²) in [4.78, 5) is 11.4. The van der Waals surface area contributed by atoms with E-state index in [1.165, 1.54) is 10.4 Å². The third-order valence-electron chi connectivity index (χ3n) is 8.24. The number of aldehydes is 1. The zero-order valence-corrected chi connectivity index (χ0v) is 26.3. The standard InChI is InChI=1S/C31H48O4Si2/c1-30(2,3)36(7,8)35-27-23-25(19-21-32)34-26(24-27)20-22-33-37(31(4,5)6,28-15-11-9-12-16-28)29-17-13-10-14-18-29/h9-18,21,25-27H,19-20,22-24H2,1-8H3/t25-,26-,27-/m0/s1. The average Bonchev–Trinajstić information content (AvgIpc) is 2.81. The van der Waals surface area contributed by atoms with Gasteiger partial charge in [0.1, 0.15) is 6.29 Å². The number of benzene rings is 2. The minimum absolute atomic E-state index is 0.0201. The van der Waals surface area contributed by atoms with Crippen LogP contribution >= 0.6 is 0 Å². The lowest BCUT2D eigenvalue weighted by Gasteiger charge is -2.44. The van der Waals surface area contributed by atoms with Crippen molar-refractivity contribution < 1.29 is 18.4 Å². The maximum atomic E-state index is 11.4. The van der Waals surface area contributed by atoms with Gasteiger partial charge in [-0.3, -0.25) is 0 Å². The zero-order chi connectivity index (χ0) is 27.3. The molecule has 0 spiro atoms. The van der Waals surface area contributed by atoms with Crippen LogP contribution in [0.5, 0.6) is 0 Å². The number of carbonyl (C=O) groups is 1. The van der Waals surface area contributed by atoms with Crippen molar-refractivity contribution in [1.82, 2.24) is 0 Å². The molecule has 37 heavy (non-hydrogen) atoms. The summed E-state index contributed by atoms with van der Waals surface area (Å²) < 4.78 is 20.3. The largest absolute Gasteiger partial charge is 0.414 e. The fraction of sp³-hybridized carbons (Fsp3) is 0.581. The van der Waals surface area contributed by atoms with Gasteiger partial charge in [-0.1, -0.05) is 102 Å². The Morgan fingerprint density at radius 3 is 1.81 bits per heavy atom. The minimum atomic E-state index is -2.58. The third-order valence-corrected chi connectivity index (χ3v) is 17.8. The molecule has 1 saturated heterocycles. The molecular formula is C31H48O4Si2. The molecule has 0 aliphatic carbocycles. The van der Waals surface area contributed by atoms with E-state index in [2.05, 4.69) is 115 Å². The molecule has 1 aliphatic heterocycles. The molecule has 2 aromatic carbocycles. The molecule has 3 rings (SSSR count). The molecule has 204 valence electrons. The summed E-state index contributed by atoms with van der Waals surface area (Å²) >= 11 is 0. The lowest BCUT2D eigenvalue weighted by molar-refractivity contribution is -0.121. The topological polar surface area (TPSA) is 44.8 Å². The summed E-state index contributed by atoms with van der Waals surface area (Å²) in [6.45, 7) is 19.0. The second-order valence-corrected chi connectivity index (χ2v) is 22.1. The van der Waals surface area contributed by atoms with Gasteiger partial charge in [-0.25, -0.2) is 0 Å². The van der Waals surface area contributed by atoms with E-state index in [4.69, 9.17) is 13.6 Å². The Labute approximate surface area is 227 Å². The Morgan fingerprint density at radius 2 is 1.35 bits per heavy atom. The van der Waals surface area contributed by atoms with Gasteiger partial charge in [0.15, 0.2) is 8.32 Å². The first kappa shape index (κ1) is 30.0. The molecule has 2 aromatic rings. The minimum Gasteiger partial charge on any atom is -0.414 e. The lowest BCUT2D eigenvalue weighted by Crippen LogP contribution is -2.66. The van der Waals surface area contributed by atoms with Crippen LogP contribution in [-0.2, 0) is 18.4 Å². The van der Waals surface area contributed by atoms with Gasteiger partial charge in [0.05, 0.1) is 12.2 Å². The molecule has 3 atom stereocenters. The number of carbonyl (C=O) groups excluding carboxylic acids is 1. The quantitative estimate of drug-likeness (QED) is 0.256. The van der Waals surface area contributed by atoms with E-state index < -0.39 is 16.6 Å². The van der Waals surface area contributed by atoms with E-state index in [9.17, 15) is 4.79 Å². The van der Waals surface area contributed by atoms with E-state index in [-0.39, 0.29) is 28.4 Å². The third kappa shape index (κ3) is 7.09. The van der Waals surface area contributed by atoms with Crippen LogP contribution in [0, 0.1) is 0 Å². The van der Waals surface area contributed by atoms with Crippen molar-refractivity contribution in [3.8, 4) is 0 Å². The maximum absolute atomic E-state index is 11.4. The van der Waals surface area contributed by atoms with Gasteiger partial charge < -0.3 is 18.4 Å². The Balaban J connectivity index is 1.82. The Kier molecular flexibility index (Phi) is 9.78. The van der Waals surface area contributed by atoms with Crippen LogP contribution < -0.4 is 10.4 Å². The van der Waals surface area contributed by atoms with Crippen molar-refractivity contribution in [2.45, 2.75) is 109 Å². The highest BCUT2D eigenvalue weighted by atomic mass is 28.4. The second-order valence-electron chi connectivity index (χ2n) is 13.1. The van der Waals surface area contributed by atoms with Crippen molar-refractivity contribution in [2.75, 3.05) is 6.61 Å². The van der Waals surface area contributed by atoms with Crippen LogP contribution in [0.4, 0.5) is 0 Å². The van der Waals surface area contributed by atoms with Crippen LogP contribution in [0.15, 0.2) is 60.7 Å². The maximum Gasteiger partial charge on any atom is 0.261 e. The predicted octanol–water partition coefficient (Wildman–Crippen LogP) is 6.48. The van der Waals surface area contributed by atoms with Crippen LogP contribution in [0.25, 0.3) is 0 Å². The summed E-state index contributed by atoms with van der Waals surface area (Å²) in [5.74, 6) is 0. The van der Waals surface area contributed by atoms with E-state index in [0.29, 0.717) is 13.0 Å². The first-order chi connectivity index (χ1) is 17.3. The smallest absolute Gasteiger partial charge is 0.261 e. The van der Waals surface area contributed by atoms with E-state index >= 15 is 0 Å². The van der Waals surface area contributed by atoms with Gasteiger partial charge in [0, 0.05) is 19.1 Å². The molecule has 1 aliphatic rings. The number of ether oxygens (including phenoxy) is 1. The van der Waals surface area contributed by atoms with Crippen LogP contribution in [0.1, 0.15) is 67.2 Å². The molecule has 0 radical (unpaired) electrons. The highest BCUT2D eigenvalue weighted by Gasteiger charge is 2.50. The molecule has 0 saturated carbocycles. The molecule has 0 unspecified atom stereocenters. The van der Waals surface area contributed by atoms with E-state index in [1.54, 1.807) is 0 Å². The highest BCUT2D eigenvalue weighted by Crippen LogP contribution is 2.40. The highest BCUT2D eigenvalue weighted by molar-refractivity contribution is 6.99. The van der Waals surface area contributed by atoms with Gasteiger partial charge in [0.2, 0.25) is 0 Å². The van der Waals surface area contributed by atoms with Crippen molar-refractivity contribution >= 4 is 33.3 Å². The van der Waals surface area contributed by atoms with Crippen molar-refractivity contribution in [3.05, 3.63) is 60.7 Å². The lowest BCUT2D eigenvalue weighted by atomic mass is 9.98. The van der Waals surface area contributed by atoms with Crippen molar-refractivity contribution in [1.29, 1.82) is 0 Å². The summed E-state index contributed by atoms with van der Waals surface area (Å²) in [5, 5.41) is 2.66. The Hall–Kier alpha value is -1.58. The van der Waals surface area contributed by atoms with Gasteiger partial charge >= 0.3 is 0 Å². The van der Waals surface area contributed by atoms with Gasteiger partial charge in [-0.15, -0.1) is 0 Å². The van der Waals surface area contributed by atoms with Crippen LogP contribution in [-0.4, -0.2) is 47.8 Å². The summed E-state index contributed by atoms with van der Waals surface area (Å²) in [7, 11) is -4.50. The summed E-state index contributed by atoms with van der Waals surface area (Å²) in [6, 6.07) is 21.5. The second kappa shape index (κ2) is 12.1. The predicted molar refractivity (Wildman–Crippen MR) is 159 cm³/mol. The molecule has 4 nitrogen and oxygen atoms in total. The molecular weight excluding hydrogens is 493 g/mol. The van der Waals surface area contributed by atoms with Crippen molar-refractivity contribution in [3.63, 3.8) is 0 Å². The number of rotatable bonds is 10. The molecule has 0 bridgehead atoms. The number of hydrogen-bond donors (Lipinski definition) is 0. The first-order valence-corrected chi connectivity index (χ1v) is 18.6. The normalized spacial score (nSPS) is 21.6. The van der Waals surface area contributed by atoms with Gasteiger partial charge in [-0.05, 0) is 52.8 Å². The molecule has 1 fully saturated rings. The van der Waals surface area contributed by atoms with Gasteiger partial charge in [-0.2, -0.15) is 0 Å². The molecule has 0 amide bonds. The van der Waals surface area contributed by atoms with E-state index in [1.807, 2.05) is 0 Å². The van der Waals surface area contributed by atoms with Crippen LogP contribution in [0.2, 0.25) is 23.2 Å². The molecule has 6 heteroatoms. The molecule has 0 N–H and O–H groups in total. The number of hydrogen-bond acceptors (Lipinski definition) is 4. The summed E-state index contributed by atoms with van der Waals surface area (Å²) in [6.07, 6.45) is 3.89. The Morgan fingerprint density at radius 1 is 0.838 bits per heavy atom. The van der Waals surface area contributed by atoms with Crippen LogP contribution in [0.3, 0.4) is 0 Å². The van der Waals surface area contributed by atoms with E-state index in [0.717, 1.165) is 25.5 Å². The monoisotopic (exact) mass is 540 g/mol.